The summed E-state index contributed by atoms with van der Waals surface area (Å²) in [6.07, 6.45) is 2.41. The monoisotopic (exact) mass is 422 g/mol. The van der Waals surface area contributed by atoms with E-state index in [1.165, 1.54) is 42.7 Å². The highest BCUT2D eigenvalue weighted by atomic mass is 32.1. The van der Waals surface area contributed by atoms with Gasteiger partial charge in [-0.2, -0.15) is 14.0 Å². The minimum atomic E-state index is -3.00. The maximum Gasteiger partial charge on any atom is 0.387 e. The topological polar surface area (TPSA) is 98.5 Å². The summed E-state index contributed by atoms with van der Waals surface area (Å²) in [6, 6.07) is 5.95. The summed E-state index contributed by atoms with van der Waals surface area (Å²) in [4.78, 5) is 28.0. The zero-order valence-corrected chi connectivity index (χ0v) is 16.2. The third-order valence-corrected chi connectivity index (χ3v) is 4.53. The van der Waals surface area contributed by atoms with Gasteiger partial charge in [-0.05, 0) is 30.7 Å². The Kier molecular flexibility index (Phi) is 7.79. The summed E-state index contributed by atoms with van der Waals surface area (Å²) in [5, 5.41) is 11.2. The summed E-state index contributed by atoms with van der Waals surface area (Å²) in [7, 11) is 1.29. The molecule has 1 aromatic carbocycles. The molecule has 7 nitrogen and oxygen atoms in total. The number of nitriles is 1. The van der Waals surface area contributed by atoms with E-state index in [0.717, 1.165) is 6.08 Å². The van der Waals surface area contributed by atoms with Gasteiger partial charge in [0.05, 0.1) is 13.2 Å². The molecule has 0 amide bonds. The number of rotatable bonds is 9. The predicted molar refractivity (Wildman–Crippen MR) is 99.8 cm³/mol. The molecule has 0 saturated carbocycles. The highest BCUT2D eigenvalue weighted by Gasteiger charge is 2.24. The molecule has 0 N–H and O–H groups in total. The van der Waals surface area contributed by atoms with Crippen molar-refractivity contribution >= 4 is 29.2 Å². The van der Waals surface area contributed by atoms with Crippen LogP contribution in [0, 0.1) is 18.3 Å². The number of benzene rings is 1. The van der Waals surface area contributed by atoms with E-state index >= 15 is 0 Å². The average molecular weight is 422 g/mol. The van der Waals surface area contributed by atoms with E-state index < -0.39 is 30.9 Å². The van der Waals surface area contributed by atoms with E-state index in [1.807, 2.05) is 6.07 Å². The highest BCUT2D eigenvalue weighted by molar-refractivity contribution is 7.09. The molecule has 2 rings (SSSR count). The van der Waals surface area contributed by atoms with Gasteiger partial charge >= 0.3 is 12.6 Å². The Morgan fingerprint density at radius 3 is 2.69 bits per heavy atom. The first-order valence-corrected chi connectivity index (χ1v) is 9.04. The number of halogens is 2. The van der Waals surface area contributed by atoms with Crippen LogP contribution < -0.4 is 9.47 Å². The maximum atomic E-state index is 12.3. The van der Waals surface area contributed by atoms with Crippen LogP contribution in [0.4, 0.5) is 8.78 Å². The lowest BCUT2D eigenvalue weighted by molar-refractivity contribution is -0.143. The molecule has 0 bridgehead atoms. The Hall–Kier alpha value is -3.32. The number of esters is 1. The van der Waals surface area contributed by atoms with Gasteiger partial charge < -0.3 is 14.2 Å². The first-order chi connectivity index (χ1) is 13.8. The summed E-state index contributed by atoms with van der Waals surface area (Å²) in [5.41, 5.74) is 1.15. The van der Waals surface area contributed by atoms with Crippen LogP contribution in [0.1, 0.15) is 22.2 Å². The average Bonchev–Trinajstić information content (AvgIpc) is 3.11. The standard InChI is InChI=1S/C19H16F2N2O5S/c1-11-10-29-18(23-11)13(8-22)14(24)9-27-17(25)6-4-12-3-5-15(28-19(20)21)16(7-12)26-2/h3-7,10,13,19H,9H2,1-2H3. The summed E-state index contributed by atoms with van der Waals surface area (Å²) >= 11 is 1.18. The Balaban J connectivity index is 1.95. The number of thiazole rings is 1. The first kappa shape index (κ1) is 22.0. The summed E-state index contributed by atoms with van der Waals surface area (Å²) in [6.45, 7) is -1.83. The first-order valence-electron chi connectivity index (χ1n) is 8.16. The van der Waals surface area contributed by atoms with Gasteiger partial charge in [0.2, 0.25) is 0 Å². The number of ether oxygens (including phenoxy) is 3. The van der Waals surface area contributed by atoms with E-state index in [2.05, 4.69) is 9.72 Å². The molecule has 0 aliphatic carbocycles. The fraction of sp³-hybridized carbons (Fsp3) is 0.263. The lowest BCUT2D eigenvalue weighted by Gasteiger charge is -2.10. The molecule has 0 fully saturated rings. The Labute approximate surface area is 169 Å². The molecule has 0 saturated heterocycles. The van der Waals surface area contributed by atoms with Gasteiger partial charge in [-0.3, -0.25) is 4.79 Å². The molecule has 1 heterocycles. The Morgan fingerprint density at radius 2 is 2.10 bits per heavy atom. The van der Waals surface area contributed by atoms with Gasteiger partial charge in [0, 0.05) is 17.2 Å². The lowest BCUT2D eigenvalue weighted by Crippen LogP contribution is -2.19. The second-order valence-electron chi connectivity index (χ2n) is 5.59. The molecule has 1 unspecified atom stereocenters. The quantitative estimate of drug-likeness (QED) is 0.451. The Morgan fingerprint density at radius 1 is 1.34 bits per heavy atom. The number of hydrogen-bond acceptors (Lipinski definition) is 8. The number of nitrogens with zero attached hydrogens (tertiary/aromatic N) is 2. The lowest BCUT2D eigenvalue weighted by atomic mass is 10.1. The van der Waals surface area contributed by atoms with E-state index in [0.29, 0.717) is 16.3 Å². The largest absolute Gasteiger partial charge is 0.493 e. The van der Waals surface area contributed by atoms with Gasteiger partial charge in [-0.1, -0.05) is 6.07 Å². The summed E-state index contributed by atoms with van der Waals surface area (Å²) < 4.78 is 38.8. The molecular weight excluding hydrogens is 406 g/mol. The van der Waals surface area contributed by atoms with E-state index in [9.17, 15) is 23.6 Å². The fourth-order valence-electron chi connectivity index (χ4n) is 2.19. The molecule has 1 atom stereocenters. The Bertz CT molecular complexity index is 952. The SMILES string of the molecule is COc1cc(C=CC(=O)OCC(=O)C(C#N)c2nc(C)cs2)ccc1OC(F)F. The van der Waals surface area contributed by atoms with Gasteiger partial charge in [0.25, 0.3) is 0 Å². The zero-order valence-electron chi connectivity index (χ0n) is 15.4. The van der Waals surface area contributed by atoms with Crippen LogP contribution in [0.3, 0.4) is 0 Å². The van der Waals surface area contributed by atoms with Crippen molar-refractivity contribution in [1.82, 2.24) is 4.98 Å². The highest BCUT2D eigenvalue weighted by Crippen LogP contribution is 2.29. The van der Waals surface area contributed by atoms with Gasteiger partial charge in [0.15, 0.2) is 29.8 Å². The molecule has 152 valence electrons. The third kappa shape index (κ3) is 6.36. The molecule has 29 heavy (non-hydrogen) atoms. The molecule has 10 heteroatoms. The minimum Gasteiger partial charge on any atom is -0.493 e. The van der Waals surface area contributed by atoms with Crippen molar-refractivity contribution in [3.63, 3.8) is 0 Å². The number of carbonyl (C=O) groups excluding carboxylic acids is 2. The number of carbonyl (C=O) groups is 2. The van der Waals surface area contributed by atoms with Crippen LogP contribution in [-0.4, -0.2) is 37.1 Å². The third-order valence-electron chi connectivity index (χ3n) is 3.51. The van der Waals surface area contributed by atoms with Crippen LogP contribution in [0.25, 0.3) is 6.08 Å². The van der Waals surface area contributed by atoms with Crippen LogP contribution in [0.15, 0.2) is 29.7 Å². The van der Waals surface area contributed by atoms with Gasteiger partial charge in [0.1, 0.15) is 5.01 Å². The van der Waals surface area contributed by atoms with Crippen LogP contribution in [0.2, 0.25) is 0 Å². The summed E-state index contributed by atoms with van der Waals surface area (Å²) in [5.74, 6) is -2.58. The molecule has 0 aliphatic rings. The van der Waals surface area contributed by atoms with Crippen molar-refractivity contribution in [3.05, 3.63) is 45.9 Å². The van der Waals surface area contributed by atoms with Crippen molar-refractivity contribution in [3.8, 4) is 17.6 Å². The molecular formula is C19H16F2N2O5S. The number of aryl methyl sites for hydroxylation is 1. The molecule has 2 aromatic rings. The number of hydrogen-bond donors (Lipinski definition) is 0. The molecule has 1 aromatic heterocycles. The second-order valence-corrected chi connectivity index (χ2v) is 6.48. The number of alkyl halides is 2. The van der Waals surface area contributed by atoms with Crippen molar-refractivity contribution < 1.29 is 32.6 Å². The van der Waals surface area contributed by atoms with Crippen LogP contribution in [-0.2, 0) is 14.3 Å². The van der Waals surface area contributed by atoms with Crippen LogP contribution in [0.5, 0.6) is 11.5 Å². The molecule has 0 radical (unpaired) electrons. The van der Waals surface area contributed by atoms with Crippen molar-refractivity contribution in [2.24, 2.45) is 0 Å². The number of Topliss-reactive ketones (excluding diaryl/α,β-unsaturated/α-hetero) is 1. The second kappa shape index (κ2) is 10.3. The minimum absolute atomic E-state index is 0.0617. The van der Waals surface area contributed by atoms with E-state index in [-0.39, 0.29) is 11.5 Å². The maximum absolute atomic E-state index is 12.3. The molecule has 0 spiro atoms. The number of ketones is 1. The zero-order chi connectivity index (χ0) is 21.4. The normalized spacial score (nSPS) is 11.9. The van der Waals surface area contributed by atoms with Crippen molar-refractivity contribution in [2.45, 2.75) is 19.5 Å². The van der Waals surface area contributed by atoms with Gasteiger partial charge in [-0.15, -0.1) is 11.3 Å². The number of methoxy groups -OCH3 is 1. The predicted octanol–water partition coefficient (Wildman–Crippen LogP) is 3.49. The van der Waals surface area contributed by atoms with E-state index in [1.54, 1.807) is 12.3 Å². The molecule has 0 aliphatic heterocycles. The van der Waals surface area contributed by atoms with Crippen molar-refractivity contribution in [1.29, 1.82) is 5.26 Å². The smallest absolute Gasteiger partial charge is 0.387 e. The van der Waals surface area contributed by atoms with E-state index in [4.69, 9.17) is 9.47 Å². The fourth-order valence-corrected chi connectivity index (χ4v) is 3.05. The van der Waals surface area contributed by atoms with Gasteiger partial charge in [-0.25, -0.2) is 9.78 Å². The van der Waals surface area contributed by atoms with Crippen LogP contribution >= 0.6 is 11.3 Å². The van der Waals surface area contributed by atoms with Crippen molar-refractivity contribution in [2.75, 3.05) is 13.7 Å². The number of aromatic nitrogens is 1.